The van der Waals surface area contributed by atoms with Crippen molar-refractivity contribution in [2.75, 3.05) is 0 Å². The molecule has 4 aromatic heterocycles. The molecule has 0 aliphatic heterocycles. The summed E-state index contributed by atoms with van der Waals surface area (Å²) in [6.45, 7) is 9.22. The van der Waals surface area contributed by atoms with Gasteiger partial charge in [-0.2, -0.15) is 0 Å². The minimum absolute atomic E-state index is 0.276. The second kappa shape index (κ2) is 51.4. The maximum atomic E-state index is 20.8. The molecule has 0 nitrogen and oxygen atoms in total. The predicted octanol–water partition coefficient (Wildman–Crippen LogP) is 38.9. The summed E-state index contributed by atoms with van der Waals surface area (Å²) in [4.78, 5) is 1.73. The maximum Gasteiger partial charge on any atom is 0.137 e. The van der Waals surface area contributed by atoms with Crippen LogP contribution >= 0.6 is 77.2 Å². The molecular weight excluding hydrogens is 1620 g/mol. The second-order valence-electron chi connectivity index (χ2n) is 35.9. The first-order chi connectivity index (χ1) is 57.2. The molecule has 0 amide bonds. The highest BCUT2D eigenvalue weighted by Crippen LogP contribution is 2.70. The number of unbranched alkanes of at least 4 members (excludes halogenated alkanes) is 52. The van der Waals surface area contributed by atoms with Crippen molar-refractivity contribution in [1.29, 1.82) is 0 Å². The van der Waals surface area contributed by atoms with Crippen LogP contribution in [0.2, 0.25) is 0 Å². The van der Waals surface area contributed by atoms with Gasteiger partial charge in [0.15, 0.2) is 0 Å². The Kier molecular flexibility index (Phi) is 41.2. The molecule has 4 heterocycles. The molecule has 11 rings (SSSR count). The first-order valence-corrected chi connectivity index (χ1v) is 53.4. The van der Waals surface area contributed by atoms with E-state index in [1.54, 1.807) is 45.3 Å². The van der Waals surface area contributed by atoms with Gasteiger partial charge < -0.3 is 0 Å². The van der Waals surface area contributed by atoms with Gasteiger partial charge in [0.1, 0.15) is 11.6 Å². The van der Waals surface area contributed by atoms with E-state index in [-0.39, 0.29) is 11.6 Å². The molecule has 5 aromatic carbocycles. The van der Waals surface area contributed by atoms with Crippen molar-refractivity contribution in [3.05, 3.63) is 195 Å². The second-order valence-corrected chi connectivity index (χ2v) is 42.9. The molecule has 8 heteroatoms. The van der Waals surface area contributed by atoms with E-state index in [0.29, 0.717) is 22.3 Å². The summed E-state index contributed by atoms with van der Waals surface area (Å²) in [6, 6.07) is 41.8. The van der Waals surface area contributed by atoms with Crippen LogP contribution in [0.3, 0.4) is 0 Å². The molecule has 2 aliphatic carbocycles. The molecule has 9 aromatic rings. The first kappa shape index (κ1) is 92.9. The summed E-state index contributed by atoms with van der Waals surface area (Å²) in [7, 11) is 0. The fraction of sp³-hybridized carbons (Fsp3) is 0.611. The molecular formula is C108H150Br2F2S4. The zero-order chi connectivity index (χ0) is 80.8. The van der Waals surface area contributed by atoms with Crippen LogP contribution in [0, 0.1) is 11.6 Å². The highest BCUT2D eigenvalue weighted by atomic mass is 79.9. The van der Waals surface area contributed by atoms with Crippen LogP contribution in [0.5, 0.6) is 0 Å². The lowest BCUT2D eigenvalue weighted by atomic mass is 9.65. The SMILES string of the molecule is CCCCCCCCCCCCCCCCc1ccc(C2(c3ccc(CCCCCCCCCCCCCCCC)cc3)c3c(F)c4c(c(F)c3-c3sc5cc(Br)sc5c32)C(c2ccc(CCCCCCCCCCCCCCCC)cc2)(c2ccc(CCCCCCCCCCCCCCCC)cc2)c2c-4sc3cc(Br)sc23)cc1. The predicted molar refractivity (Wildman–Crippen MR) is 519 cm³/mol. The van der Waals surface area contributed by atoms with Gasteiger partial charge in [-0.05, 0) is 140 Å². The molecule has 0 saturated carbocycles. The van der Waals surface area contributed by atoms with E-state index in [1.807, 2.05) is 0 Å². The van der Waals surface area contributed by atoms with Gasteiger partial charge in [0.05, 0.1) is 27.8 Å². The van der Waals surface area contributed by atoms with Gasteiger partial charge in [-0.15, -0.1) is 45.3 Å². The van der Waals surface area contributed by atoms with Gasteiger partial charge in [0.2, 0.25) is 0 Å². The Morgan fingerprint density at radius 1 is 0.233 bits per heavy atom. The summed E-state index contributed by atoms with van der Waals surface area (Å²) >= 11 is 14.8. The first-order valence-electron chi connectivity index (χ1n) is 48.6. The molecule has 2 aliphatic rings. The lowest BCUT2D eigenvalue weighted by Gasteiger charge is -2.36. The van der Waals surface area contributed by atoms with E-state index < -0.39 is 10.8 Å². The Labute approximate surface area is 738 Å². The normalized spacial score (nSPS) is 13.3. The van der Waals surface area contributed by atoms with Gasteiger partial charge in [-0.3, -0.25) is 0 Å². The third-order valence-corrected chi connectivity index (χ3v) is 32.7. The Morgan fingerprint density at radius 3 is 0.603 bits per heavy atom. The largest absolute Gasteiger partial charge is 0.206 e. The van der Waals surface area contributed by atoms with E-state index in [9.17, 15) is 0 Å². The van der Waals surface area contributed by atoms with Crippen molar-refractivity contribution in [2.45, 2.75) is 424 Å². The summed E-state index contributed by atoms with van der Waals surface area (Å²) in [6.07, 6.45) is 79.2. The average molecular weight is 1770 g/mol. The molecule has 0 unspecified atom stereocenters. The molecule has 0 N–H and O–H groups in total. The molecule has 116 heavy (non-hydrogen) atoms. The molecule has 0 bridgehead atoms. The number of aryl methyl sites for hydroxylation is 4. The lowest BCUT2D eigenvalue weighted by molar-refractivity contribution is 0.535. The number of benzene rings is 5. The zero-order valence-electron chi connectivity index (χ0n) is 73.0. The van der Waals surface area contributed by atoms with E-state index in [4.69, 9.17) is 0 Å². The molecule has 0 saturated heterocycles. The molecule has 634 valence electrons. The minimum Gasteiger partial charge on any atom is -0.206 e. The van der Waals surface area contributed by atoms with E-state index >= 15 is 8.78 Å². The van der Waals surface area contributed by atoms with Crippen LogP contribution < -0.4 is 0 Å². The number of fused-ring (bicyclic) bond motifs is 10. The Bertz CT molecular complexity index is 3800. The number of hydrogen-bond acceptors (Lipinski definition) is 4. The quantitative estimate of drug-likeness (QED) is 0.0333. The van der Waals surface area contributed by atoms with Gasteiger partial charge in [-0.25, -0.2) is 8.78 Å². The summed E-state index contributed by atoms with van der Waals surface area (Å²) in [5.41, 5.74) is 10.9. The number of thiophene rings is 4. The van der Waals surface area contributed by atoms with Crippen LogP contribution in [0.15, 0.2) is 117 Å². The smallest absolute Gasteiger partial charge is 0.137 e. The summed E-state index contributed by atoms with van der Waals surface area (Å²) < 4.78 is 48.2. The zero-order valence-corrected chi connectivity index (χ0v) is 79.4. The van der Waals surface area contributed by atoms with E-state index in [2.05, 4.69) is 169 Å². The Balaban J connectivity index is 0.914. The van der Waals surface area contributed by atoms with Gasteiger partial charge in [0, 0.05) is 52.5 Å². The van der Waals surface area contributed by atoms with Crippen molar-refractivity contribution in [2.24, 2.45) is 0 Å². The number of rotatable bonds is 64. The van der Waals surface area contributed by atoms with Crippen LogP contribution in [-0.2, 0) is 36.5 Å². The van der Waals surface area contributed by atoms with Crippen molar-refractivity contribution < 1.29 is 8.78 Å². The Hall–Kier alpha value is -3.76. The monoisotopic (exact) mass is 1770 g/mol. The van der Waals surface area contributed by atoms with Gasteiger partial charge in [-0.1, -0.05) is 459 Å². The van der Waals surface area contributed by atoms with E-state index in [0.717, 1.165) is 121 Å². The van der Waals surface area contributed by atoms with E-state index in [1.165, 1.54) is 356 Å². The van der Waals surface area contributed by atoms with Gasteiger partial charge >= 0.3 is 0 Å². The van der Waals surface area contributed by atoms with Crippen molar-refractivity contribution in [1.82, 2.24) is 0 Å². The van der Waals surface area contributed by atoms with Crippen LogP contribution in [-0.4, -0.2) is 0 Å². The minimum atomic E-state index is -1.17. The standard InChI is InChI=1S/C108H150Br2F2S4/c1-5-9-13-17-21-25-29-33-37-41-45-49-53-57-61-83-65-73-87(74-66-83)107(88-75-67-84(68-76-88)62-58-54-50-46-42-38-34-30-26-22-18-14-10-6-2)97-95(105-99(107)103-91(113-105)81-93(109)115-103)102(112)98-96(101(97)111)106-100(104-92(114-106)82-94(110)116-104)108(98,89-77-69-85(70-78-89)63-59-55-51-47-43-39-35-31-27-23-19-15-11-7-3)90-79-71-86(72-80-90)64-60-56-52-48-44-40-36-32-28-24-20-16-12-8-4/h65-82H,5-64H2,1-4H3. The van der Waals surface area contributed by atoms with Crippen LogP contribution in [0.1, 0.15) is 454 Å². The van der Waals surface area contributed by atoms with Crippen molar-refractivity contribution >= 4 is 96.0 Å². The third kappa shape index (κ3) is 25.3. The fourth-order valence-electron chi connectivity index (χ4n) is 20.1. The third-order valence-electron chi connectivity index (χ3n) is 26.8. The Morgan fingerprint density at radius 2 is 0.414 bits per heavy atom. The fourth-order valence-corrected chi connectivity index (χ4v) is 26.9. The molecule has 0 atom stereocenters. The molecule has 0 radical (unpaired) electrons. The number of halogens is 4. The average Bonchev–Trinajstić information content (AvgIpc) is 1.48. The highest BCUT2D eigenvalue weighted by Gasteiger charge is 2.59. The lowest BCUT2D eigenvalue weighted by Crippen LogP contribution is -2.32. The summed E-state index contributed by atoms with van der Waals surface area (Å²) in [5.74, 6) is -0.553. The van der Waals surface area contributed by atoms with Crippen molar-refractivity contribution in [3.8, 4) is 20.9 Å². The number of hydrogen-bond donors (Lipinski definition) is 0. The summed E-state index contributed by atoms with van der Waals surface area (Å²) in [5, 5.41) is 0. The van der Waals surface area contributed by atoms with Gasteiger partial charge in [0.25, 0.3) is 0 Å². The highest BCUT2D eigenvalue weighted by molar-refractivity contribution is 9.11. The van der Waals surface area contributed by atoms with Crippen LogP contribution in [0.4, 0.5) is 8.78 Å². The molecule has 0 fully saturated rings. The van der Waals surface area contributed by atoms with Crippen molar-refractivity contribution in [3.63, 3.8) is 0 Å². The van der Waals surface area contributed by atoms with Crippen LogP contribution in [0.25, 0.3) is 39.7 Å². The molecule has 0 spiro atoms. The topological polar surface area (TPSA) is 0 Å². The maximum absolute atomic E-state index is 20.8.